The number of aromatic nitrogens is 1. The molecule has 1 heterocycles. The lowest BCUT2D eigenvalue weighted by Crippen LogP contribution is -2.31. The van der Waals surface area contributed by atoms with E-state index in [1.54, 1.807) is 18.3 Å². The van der Waals surface area contributed by atoms with Crippen LogP contribution in [0.25, 0.3) is 0 Å². The van der Waals surface area contributed by atoms with Gasteiger partial charge in [0.25, 0.3) is 0 Å². The predicted molar refractivity (Wildman–Crippen MR) is 82.9 cm³/mol. The molecule has 3 atom stereocenters. The van der Waals surface area contributed by atoms with Crippen molar-refractivity contribution < 1.29 is 14.6 Å². The maximum atomic E-state index is 10.8. The van der Waals surface area contributed by atoms with E-state index in [1.807, 2.05) is 0 Å². The molecule has 0 bridgehead atoms. The molecule has 0 radical (unpaired) electrons. The zero-order chi connectivity index (χ0) is 15.8. The molecule has 4 heteroatoms. The van der Waals surface area contributed by atoms with Crippen molar-refractivity contribution >= 4 is 5.97 Å². The fourth-order valence-electron chi connectivity index (χ4n) is 2.75. The molecular weight excluding hydrogens is 266 g/mol. The molecular formula is C17H27NO3. The molecule has 0 saturated heterocycles. The van der Waals surface area contributed by atoms with Crippen molar-refractivity contribution in [2.75, 3.05) is 7.11 Å². The monoisotopic (exact) mass is 293 g/mol. The zero-order valence-corrected chi connectivity index (χ0v) is 13.5. The number of hydrogen-bond donors (Lipinski definition) is 1. The molecule has 21 heavy (non-hydrogen) atoms. The highest BCUT2D eigenvalue weighted by Gasteiger charge is 2.28. The summed E-state index contributed by atoms with van der Waals surface area (Å²) in [5.41, 5.74) is 0.477. The molecule has 2 rings (SSSR count). The molecule has 4 nitrogen and oxygen atoms in total. The van der Waals surface area contributed by atoms with Crippen molar-refractivity contribution in [3.63, 3.8) is 0 Å². The smallest absolute Gasteiger partial charge is 0.339 e. The average molecular weight is 293 g/mol. The van der Waals surface area contributed by atoms with Crippen LogP contribution in [0.5, 0.6) is 0 Å². The van der Waals surface area contributed by atoms with E-state index in [1.165, 1.54) is 26.1 Å². The Balaban J connectivity index is 0.000000211. The van der Waals surface area contributed by atoms with Crippen LogP contribution in [0.15, 0.2) is 24.5 Å². The van der Waals surface area contributed by atoms with Crippen molar-refractivity contribution in [3.05, 3.63) is 30.1 Å². The molecule has 0 aromatic carbocycles. The number of esters is 1. The van der Waals surface area contributed by atoms with E-state index in [9.17, 15) is 9.90 Å². The number of hydrogen-bond acceptors (Lipinski definition) is 4. The Bertz CT molecular complexity index is 419. The summed E-state index contributed by atoms with van der Waals surface area (Å²) in [5, 5.41) is 9.71. The van der Waals surface area contributed by atoms with Gasteiger partial charge < -0.3 is 9.84 Å². The highest BCUT2D eigenvalue weighted by Crippen LogP contribution is 2.33. The van der Waals surface area contributed by atoms with Gasteiger partial charge >= 0.3 is 5.97 Å². The Morgan fingerprint density at radius 3 is 2.62 bits per heavy atom. The Kier molecular flexibility index (Phi) is 7.37. The fraction of sp³-hybridized carbons (Fsp3) is 0.647. The molecule has 1 N–H and O–H groups in total. The third-order valence-electron chi connectivity index (χ3n) is 4.07. The first kappa shape index (κ1) is 17.6. The standard InChI is InChI=1S/C10H20O.C7H7NO2/c1-7(2)9-5-4-8(3)6-10(9)11;1-10-7(9)6-3-2-4-8-5-6/h7-11H,4-6H2,1-3H3;2-5H,1H3/t8-,9+,10-;/m1./s1. The average Bonchev–Trinajstić information content (AvgIpc) is 2.47. The van der Waals surface area contributed by atoms with E-state index in [2.05, 4.69) is 30.5 Å². The lowest BCUT2D eigenvalue weighted by atomic mass is 9.75. The number of aliphatic hydroxyl groups excluding tert-OH is 1. The van der Waals surface area contributed by atoms with E-state index in [0.717, 1.165) is 12.3 Å². The van der Waals surface area contributed by atoms with E-state index < -0.39 is 0 Å². The van der Waals surface area contributed by atoms with Crippen molar-refractivity contribution in [3.8, 4) is 0 Å². The Morgan fingerprint density at radius 1 is 1.43 bits per heavy atom. The van der Waals surface area contributed by atoms with Crippen molar-refractivity contribution in [2.45, 2.75) is 46.1 Å². The summed E-state index contributed by atoms with van der Waals surface area (Å²) in [6.07, 6.45) is 6.58. The summed E-state index contributed by atoms with van der Waals surface area (Å²) in [4.78, 5) is 14.5. The Labute approximate surface area is 127 Å². The van der Waals surface area contributed by atoms with Gasteiger partial charge in [0.05, 0.1) is 18.8 Å². The Morgan fingerprint density at radius 2 is 2.14 bits per heavy atom. The van der Waals surface area contributed by atoms with Crippen LogP contribution in [-0.4, -0.2) is 29.3 Å². The predicted octanol–water partition coefficient (Wildman–Crippen LogP) is 3.31. The van der Waals surface area contributed by atoms with Crippen LogP contribution < -0.4 is 0 Å². The highest BCUT2D eigenvalue weighted by atomic mass is 16.5. The second kappa shape index (κ2) is 8.78. The number of nitrogens with zero attached hydrogens (tertiary/aromatic N) is 1. The normalized spacial score (nSPS) is 25.0. The lowest BCUT2D eigenvalue weighted by Gasteiger charge is -2.33. The number of rotatable bonds is 2. The molecule has 0 aliphatic heterocycles. The van der Waals surface area contributed by atoms with Crippen molar-refractivity contribution in [2.24, 2.45) is 17.8 Å². The quantitative estimate of drug-likeness (QED) is 0.850. The maximum absolute atomic E-state index is 10.8. The van der Waals surface area contributed by atoms with Crippen LogP contribution >= 0.6 is 0 Å². The van der Waals surface area contributed by atoms with Gasteiger partial charge in [0, 0.05) is 12.4 Å². The number of pyridine rings is 1. The first-order valence-electron chi connectivity index (χ1n) is 7.62. The highest BCUT2D eigenvalue weighted by molar-refractivity contribution is 5.88. The number of aliphatic hydroxyl groups is 1. The lowest BCUT2D eigenvalue weighted by molar-refractivity contribution is 0.0266. The molecule has 118 valence electrons. The van der Waals surface area contributed by atoms with Gasteiger partial charge in [-0.25, -0.2) is 4.79 Å². The topological polar surface area (TPSA) is 59.4 Å². The van der Waals surface area contributed by atoms with Crippen LogP contribution in [0.4, 0.5) is 0 Å². The molecule has 0 spiro atoms. The Hall–Kier alpha value is -1.42. The minimum absolute atomic E-state index is 0.0289. The van der Waals surface area contributed by atoms with Gasteiger partial charge in [-0.15, -0.1) is 0 Å². The first-order chi connectivity index (χ1) is 9.95. The third-order valence-corrected chi connectivity index (χ3v) is 4.07. The number of carbonyl (C=O) groups excluding carboxylic acids is 1. The summed E-state index contributed by atoms with van der Waals surface area (Å²) in [6.45, 7) is 6.66. The second-order valence-electron chi connectivity index (χ2n) is 6.13. The van der Waals surface area contributed by atoms with E-state index in [-0.39, 0.29) is 12.1 Å². The summed E-state index contributed by atoms with van der Waals surface area (Å²) in [5.74, 6) is 1.59. The third kappa shape index (κ3) is 5.84. The molecule has 1 aliphatic carbocycles. The van der Waals surface area contributed by atoms with E-state index in [4.69, 9.17) is 0 Å². The van der Waals surface area contributed by atoms with Crippen LogP contribution in [0, 0.1) is 17.8 Å². The zero-order valence-electron chi connectivity index (χ0n) is 13.5. The van der Waals surface area contributed by atoms with E-state index in [0.29, 0.717) is 17.4 Å². The molecule has 1 aliphatic rings. The summed E-state index contributed by atoms with van der Waals surface area (Å²) < 4.78 is 4.46. The van der Waals surface area contributed by atoms with Crippen LogP contribution in [0.1, 0.15) is 50.4 Å². The summed E-state index contributed by atoms with van der Waals surface area (Å²) >= 11 is 0. The molecule has 1 aromatic heterocycles. The van der Waals surface area contributed by atoms with Crippen molar-refractivity contribution in [1.82, 2.24) is 4.98 Å². The fourth-order valence-corrected chi connectivity index (χ4v) is 2.75. The van der Waals surface area contributed by atoms with E-state index >= 15 is 0 Å². The molecule has 1 saturated carbocycles. The minimum atomic E-state index is -0.354. The van der Waals surface area contributed by atoms with Crippen LogP contribution in [0.3, 0.4) is 0 Å². The van der Waals surface area contributed by atoms with Gasteiger partial charge in [0.15, 0.2) is 0 Å². The van der Waals surface area contributed by atoms with Crippen LogP contribution in [-0.2, 0) is 4.74 Å². The van der Waals surface area contributed by atoms with Gasteiger partial charge in [0.2, 0.25) is 0 Å². The largest absolute Gasteiger partial charge is 0.465 e. The van der Waals surface area contributed by atoms with Crippen LogP contribution in [0.2, 0.25) is 0 Å². The van der Waals surface area contributed by atoms with Crippen molar-refractivity contribution in [1.29, 1.82) is 0 Å². The maximum Gasteiger partial charge on any atom is 0.339 e. The number of methoxy groups -OCH3 is 1. The molecule has 1 aromatic rings. The molecule has 0 unspecified atom stereocenters. The number of carbonyl (C=O) groups is 1. The summed E-state index contributed by atoms with van der Waals surface area (Å²) in [6, 6.07) is 3.34. The van der Waals surface area contributed by atoms with Gasteiger partial charge in [-0.05, 0) is 42.7 Å². The first-order valence-corrected chi connectivity index (χ1v) is 7.62. The minimum Gasteiger partial charge on any atom is -0.465 e. The SMILES string of the molecule is CC(C)[C@@H]1CC[C@@H](C)C[C@H]1O.COC(=O)c1cccnc1. The van der Waals surface area contributed by atoms with Gasteiger partial charge in [-0.3, -0.25) is 4.98 Å². The summed E-state index contributed by atoms with van der Waals surface area (Å²) in [7, 11) is 1.34. The van der Waals surface area contributed by atoms with Gasteiger partial charge in [-0.2, -0.15) is 0 Å². The van der Waals surface area contributed by atoms with Gasteiger partial charge in [0.1, 0.15) is 0 Å². The number of ether oxygens (including phenoxy) is 1. The molecule has 0 amide bonds. The van der Waals surface area contributed by atoms with Gasteiger partial charge in [-0.1, -0.05) is 27.2 Å². The second-order valence-corrected chi connectivity index (χ2v) is 6.13. The molecule has 1 fully saturated rings.